The molecule has 0 aliphatic carbocycles. The van der Waals surface area contributed by atoms with Crippen molar-refractivity contribution in [3.8, 4) is 0 Å². The van der Waals surface area contributed by atoms with E-state index in [0.29, 0.717) is 5.92 Å². The van der Waals surface area contributed by atoms with Crippen LogP contribution >= 0.6 is 22.6 Å². The monoisotopic (exact) mass is 401 g/mol. The van der Waals surface area contributed by atoms with Crippen molar-refractivity contribution in [3.63, 3.8) is 0 Å². The van der Waals surface area contributed by atoms with E-state index in [1.807, 2.05) is 0 Å². The van der Waals surface area contributed by atoms with E-state index in [0.717, 1.165) is 13.1 Å². The van der Waals surface area contributed by atoms with Crippen molar-refractivity contribution in [2.75, 3.05) is 6.54 Å². The van der Waals surface area contributed by atoms with E-state index < -0.39 is 0 Å². The van der Waals surface area contributed by atoms with Crippen molar-refractivity contribution in [1.29, 1.82) is 0 Å². The molecule has 1 aliphatic rings. The van der Waals surface area contributed by atoms with Crippen LogP contribution in [0.5, 0.6) is 0 Å². The van der Waals surface area contributed by atoms with Gasteiger partial charge in [0, 0.05) is 16.7 Å². The predicted octanol–water partition coefficient (Wildman–Crippen LogP) is 5.34. The Hall–Kier alpha value is -1.55. The third kappa shape index (κ3) is 4.47. The summed E-state index contributed by atoms with van der Waals surface area (Å²) in [7, 11) is 0. The molecule has 0 aromatic heterocycles. The van der Waals surface area contributed by atoms with Crippen molar-refractivity contribution in [2.24, 2.45) is 5.92 Å². The van der Waals surface area contributed by atoms with Gasteiger partial charge in [0.25, 0.3) is 0 Å². The second-order valence-electron chi connectivity index (χ2n) is 5.66. The minimum Gasteiger partial charge on any atom is -0.373 e. The van der Waals surface area contributed by atoms with Crippen LogP contribution in [0, 0.1) is 9.49 Å². The molecule has 0 saturated carbocycles. The quantitative estimate of drug-likeness (QED) is 0.626. The largest absolute Gasteiger partial charge is 0.373 e. The first-order valence-electron chi connectivity index (χ1n) is 7.70. The molecular formula is C20H20IN. The molecule has 22 heavy (non-hydrogen) atoms. The molecule has 0 N–H and O–H groups in total. The molecule has 1 nitrogen and oxygen atoms in total. The summed E-state index contributed by atoms with van der Waals surface area (Å²) in [6, 6.07) is 19.3. The highest BCUT2D eigenvalue weighted by Crippen LogP contribution is 2.19. The molecular weight excluding hydrogens is 381 g/mol. The maximum atomic E-state index is 2.40. The Labute approximate surface area is 146 Å². The third-order valence-electron chi connectivity index (χ3n) is 3.93. The zero-order valence-corrected chi connectivity index (χ0v) is 14.7. The Morgan fingerprint density at radius 1 is 1.05 bits per heavy atom. The molecule has 2 aromatic carbocycles. The maximum Gasteiger partial charge on any atom is 0.0423 e. The molecule has 0 fully saturated rings. The molecule has 3 rings (SSSR count). The summed E-state index contributed by atoms with van der Waals surface area (Å²) in [5.41, 5.74) is 2.65. The summed E-state index contributed by atoms with van der Waals surface area (Å²) in [6.07, 6.45) is 10.3. The van der Waals surface area contributed by atoms with Gasteiger partial charge in [-0.25, -0.2) is 0 Å². The number of nitrogens with zero attached hydrogens (tertiary/aromatic N) is 1. The van der Waals surface area contributed by atoms with Gasteiger partial charge in [0.1, 0.15) is 0 Å². The third-order valence-corrected chi connectivity index (χ3v) is 4.65. The lowest BCUT2D eigenvalue weighted by Crippen LogP contribution is -2.23. The average molecular weight is 401 g/mol. The topological polar surface area (TPSA) is 3.24 Å². The lowest BCUT2D eigenvalue weighted by Gasteiger charge is -2.26. The minimum atomic E-state index is 0.549. The molecule has 2 aromatic rings. The summed E-state index contributed by atoms with van der Waals surface area (Å²) in [6.45, 7) is 2.12. The van der Waals surface area contributed by atoms with E-state index in [4.69, 9.17) is 0 Å². The first kappa shape index (κ1) is 15.3. The highest BCUT2D eigenvalue weighted by atomic mass is 127. The smallest absolute Gasteiger partial charge is 0.0423 e. The Morgan fingerprint density at radius 3 is 2.50 bits per heavy atom. The fraction of sp³-hybridized carbons (Fsp3) is 0.200. The van der Waals surface area contributed by atoms with Crippen molar-refractivity contribution >= 4 is 28.7 Å². The van der Waals surface area contributed by atoms with Gasteiger partial charge in [0.05, 0.1) is 0 Å². The van der Waals surface area contributed by atoms with Gasteiger partial charge >= 0.3 is 0 Å². The van der Waals surface area contributed by atoms with Gasteiger partial charge in [0.15, 0.2) is 0 Å². The second-order valence-corrected chi connectivity index (χ2v) is 6.91. The summed E-state index contributed by atoms with van der Waals surface area (Å²) >= 11 is 2.35. The molecule has 0 amide bonds. The standard InChI is InChI=1S/C20H20IN/c21-20-10-8-19(9-11-20)16-22-14-12-18(13-15-22)7-6-17-4-2-1-3-5-17/h1-12,14,18H,13,15-16H2/b7-6+. The van der Waals surface area contributed by atoms with Gasteiger partial charge in [-0.2, -0.15) is 0 Å². The molecule has 0 saturated heterocycles. The summed E-state index contributed by atoms with van der Waals surface area (Å²) in [5, 5.41) is 0. The second kappa shape index (κ2) is 7.63. The van der Waals surface area contributed by atoms with Crippen LogP contribution in [0.2, 0.25) is 0 Å². The number of hydrogen-bond donors (Lipinski definition) is 0. The van der Waals surface area contributed by atoms with Crippen LogP contribution in [0.4, 0.5) is 0 Å². The fourth-order valence-corrected chi connectivity index (χ4v) is 2.99. The molecule has 1 atom stereocenters. The SMILES string of the molecule is Ic1ccc(CN2C=CC(/C=C/c3ccccc3)CC2)cc1. The first-order valence-corrected chi connectivity index (χ1v) is 8.77. The number of benzene rings is 2. The van der Waals surface area contributed by atoms with Gasteiger partial charge < -0.3 is 4.90 Å². The van der Waals surface area contributed by atoms with Crippen LogP contribution in [0.15, 0.2) is 72.9 Å². The molecule has 2 heteroatoms. The number of halogens is 1. The Balaban J connectivity index is 1.55. The Morgan fingerprint density at radius 2 is 1.82 bits per heavy atom. The molecule has 0 radical (unpaired) electrons. The molecule has 0 spiro atoms. The zero-order chi connectivity index (χ0) is 15.2. The van der Waals surface area contributed by atoms with Crippen molar-refractivity contribution in [3.05, 3.63) is 87.6 Å². The zero-order valence-electron chi connectivity index (χ0n) is 12.5. The van der Waals surface area contributed by atoms with Gasteiger partial charge in [-0.1, -0.05) is 60.7 Å². The minimum absolute atomic E-state index is 0.549. The molecule has 1 unspecified atom stereocenters. The predicted molar refractivity (Wildman–Crippen MR) is 102 cm³/mol. The van der Waals surface area contributed by atoms with Gasteiger partial charge in [-0.15, -0.1) is 0 Å². The van der Waals surface area contributed by atoms with Crippen LogP contribution < -0.4 is 0 Å². The Kier molecular flexibility index (Phi) is 5.33. The number of hydrogen-bond acceptors (Lipinski definition) is 1. The highest BCUT2D eigenvalue weighted by Gasteiger charge is 2.10. The van der Waals surface area contributed by atoms with Crippen LogP contribution in [0.1, 0.15) is 17.5 Å². The average Bonchev–Trinajstić information content (AvgIpc) is 2.57. The van der Waals surface area contributed by atoms with Gasteiger partial charge in [-0.05, 0) is 64.4 Å². The van der Waals surface area contributed by atoms with E-state index in [-0.39, 0.29) is 0 Å². The molecule has 0 bridgehead atoms. The maximum absolute atomic E-state index is 2.40. The fourth-order valence-electron chi connectivity index (χ4n) is 2.63. The number of allylic oxidation sites excluding steroid dienone is 2. The lowest BCUT2D eigenvalue weighted by atomic mass is 10.0. The van der Waals surface area contributed by atoms with Gasteiger partial charge in [0.2, 0.25) is 0 Å². The normalized spacial score (nSPS) is 18.0. The van der Waals surface area contributed by atoms with E-state index in [1.165, 1.54) is 21.1 Å². The van der Waals surface area contributed by atoms with Crippen LogP contribution in [-0.2, 0) is 6.54 Å². The van der Waals surface area contributed by atoms with Gasteiger partial charge in [-0.3, -0.25) is 0 Å². The van der Waals surface area contributed by atoms with E-state index in [1.54, 1.807) is 0 Å². The summed E-state index contributed by atoms with van der Waals surface area (Å²) in [5.74, 6) is 0.549. The van der Waals surface area contributed by atoms with Crippen LogP contribution in [-0.4, -0.2) is 11.4 Å². The number of rotatable bonds is 4. The van der Waals surface area contributed by atoms with Crippen LogP contribution in [0.3, 0.4) is 0 Å². The van der Waals surface area contributed by atoms with Crippen molar-refractivity contribution in [1.82, 2.24) is 4.90 Å². The molecule has 1 aliphatic heterocycles. The van der Waals surface area contributed by atoms with E-state index in [9.17, 15) is 0 Å². The lowest BCUT2D eigenvalue weighted by molar-refractivity contribution is 0.332. The molecule has 1 heterocycles. The summed E-state index contributed by atoms with van der Waals surface area (Å²) < 4.78 is 1.29. The highest BCUT2D eigenvalue weighted by molar-refractivity contribution is 14.1. The van der Waals surface area contributed by atoms with Crippen LogP contribution in [0.25, 0.3) is 6.08 Å². The Bertz CT molecular complexity index is 643. The summed E-state index contributed by atoms with van der Waals surface area (Å²) in [4.78, 5) is 2.40. The molecule has 112 valence electrons. The van der Waals surface area contributed by atoms with Crippen molar-refractivity contribution in [2.45, 2.75) is 13.0 Å². The first-order chi connectivity index (χ1) is 10.8. The van der Waals surface area contributed by atoms with E-state index >= 15 is 0 Å². The van der Waals surface area contributed by atoms with E-state index in [2.05, 4.69) is 107 Å². The van der Waals surface area contributed by atoms with Crippen molar-refractivity contribution < 1.29 is 0 Å².